The monoisotopic (exact) mass is 325 g/mol. The van der Waals surface area contributed by atoms with Crippen LogP contribution in [0.1, 0.15) is 40.0 Å². The van der Waals surface area contributed by atoms with Crippen molar-refractivity contribution in [2.75, 3.05) is 0 Å². The lowest BCUT2D eigenvalue weighted by Crippen LogP contribution is -2.46. The van der Waals surface area contributed by atoms with Gasteiger partial charge < -0.3 is 19.6 Å². The van der Waals surface area contributed by atoms with E-state index in [0.717, 1.165) is 7.41 Å². The largest absolute Gasteiger partial charge is 0.460 e. The summed E-state index contributed by atoms with van der Waals surface area (Å²) in [6.07, 6.45) is -0.147. The van der Waals surface area contributed by atoms with E-state index >= 15 is 0 Å². The van der Waals surface area contributed by atoms with Crippen molar-refractivity contribution in [2.45, 2.75) is 51.7 Å². The first kappa shape index (κ1) is 18.8. The SMILES string of the molecule is CC(C)(C)OC(=O)C[C@@H](N[B]C=O)C(=O)ON1C(=O)CCC1=O. The number of rotatable bonds is 7. The van der Waals surface area contributed by atoms with Crippen LogP contribution in [0.15, 0.2) is 0 Å². The van der Waals surface area contributed by atoms with Gasteiger partial charge >= 0.3 is 11.9 Å². The van der Waals surface area contributed by atoms with Crippen LogP contribution < -0.4 is 5.23 Å². The van der Waals surface area contributed by atoms with Crippen molar-refractivity contribution in [1.82, 2.24) is 10.3 Å². The van der Waals surface area contributed by atoms with Crippen molar-refractivity contribution in [3.63, 3.8) is 0 Å². The fraction of sp³-hybridized carbons (Fsp3) is 0.615. The summed E-state index contributed by atoms with van der Waals surface area (Å²) in [7, 11) is 0.907. The van der Waals surface area contributed by atoms with Crippen LogP contribution in [0.2, 0.25) is 0 Å². The third-order valence-corrected chi connectivity index (χ3v) is 2.63. The van der Waals surface area contributed by atoms with Gasteiger partial charge in [-0.15, -0.1) is 5.06 Å². The molecular weight excluding hydrogens is 307 g/mol. The molecule has 0 aromatic heterocycles. The van der Waals surface area contributed by atoms with E-state index in [1.165, 1.54) is 0 Å². The van der Waals surface area contributed by atoms with Crippen molar-refractivity contribution in [1.29, 1.82) is 0 Å². The van der Waals surface area contributed by atoms with Crippen LogP contribution in [-0.4, -0.2) is 54.1 Å². The standard InChI is InChI=1S/C13H18BN2O7/c1-13(2,3)22-11(20)6-8(15-14-7-17)12(21)23-16-9(18)4-5-10(16)19/h7-8,15H,4-6H2,1-3H3/t8-/m1/s1. The Bertz CT molecular complexity index is 499. The Hall–Kier alpha value is -2.23. The third kappa shape index (κ3) is 6.19. The first-order chi connectivity index (χ1) is 10.6. The summed E-state index contributed by atoms with van der Waals surface area (Å²) in [4.78, 5) is 61.7. The van der Waals surface area contributed by atoms with E-state index < -0.39 is 41.8 Å². The number of hydrogen-bond acceptors (Lipinski definition) is 8. The van der Waals surface area contributed by atoms with Gasteiger partial charge in [0.25, 0.3) is 19.2 Å². The van der Waals surface area contributed by atoms with Gasteiger partial charge in [-0.3, -0.25) is 14.4 Å². The molecule has 0 unspecified atom stereocenters. The topological polar surface area (TPSA) is 119 Å². The van der Waals surface area contributed by atoms with Crippen LogP contribution in [-0.2, 0) is 33.5 Å². The van der Waals surface area contributed by atoms with Crippen molar-refractivity contribution in [2.24, 2.45) is 0 Å². The molecule has 1 radical (unpaired) electrons. The molecule has 0 spiro atoms. The van der Waals surface area contributed by atoms with E-state index in [-0.39, 0.29) is 12.8 Å². The second-order valence-electron chi connectivity index (χ2n) is 5.80. The van der Waals surface area contributed by atoms with Gasteiger partial charge in [0, 0.05) is 12.8 Å². The van der Waals surface area contributed by atoms with Gasteiger partial charge in [0.1, 0.15) is 11.6 Å². The van der Waals surface area contributed by atoms with Crippen LogP contribution in [0.3, 0.4) is 0 Å². The molecule has 1 N–H and O–H groups in total. The summed E-state index contributed by atoms with van der Waals surface area (Å²) in [6, 6.07) is -1.27. The van der Waals surface area contributed by atoms with Gasteiger partial charge in [0.15, 0.2) is 0 Å². The molecule has 1 atom stereocenters. The summed E-state index contributed by atoms with van der Waals surface area (Å²) in [5.74, 6) is -3.03. The lowest BCUT2D eigenvalue weighted by molar-refractivity contribution is -0.199. The Morgan fingerprint density at radius 1 is 1.30 bits per heavy atom. The second-order valence-corrected chi connectivity index (χ2v) is 5.80. The highest BCUT2D eigenvalue weighted by molar-refractivity contribution is 6.64. The normalized spacial score (nSPS) is 16.0. The third-order valence-electron chi connectivity index (χ3n) is 2.63. The summed E-state index contributed by atoms with van der Waals surface area (Å²) in [6.45, 7) is 4.97. The highest BCUT2D eigenvalue weighted by Crippen LogP contribution is 2.14. The van der Waals surface area contributed by atoms with Crippen LogP contribution in [0, 0.1) is 0 Å². The molecule has 0 aromatic rings. The summed E-state index contributed by atoms with van der Waals surface area (Å²) < 4.78 is 5.07. The molecular formula is C13H18BN2O7. The lowest BCUT2D eigenvalue weighted by Gasteiger charge is -2.22. The molecule has 1 rings (SSSR count). The molecule has 2 amide bonds. The molecule has 125 valence electrons. The van der Waals surface area contributed by atoms with Gasteiger partial charge in [-0.1, -0.05) is 0 Å². The smallest absolute Gasteiger partial charge is 0.349 e. The van der Waals surface area contributed by atoms with Gasteiger partial charge in [0.05, 0.1) is 12.6 Å². The number of hydroxylamine groups is 2. The quantitative estimate of drug-likeness (QED) is 0.277. The highest BCUT2D eigenvalue weighted by Gasteiger charge is 2.35. The second kappa shape index (κ2) is 7.86. The van der Waals surface area contributed by atoms with Crippen LogP contribution >= 0.6 is 0 Å². The number of hydrogen-bond donors (Lipinski definition) is 1. The summed E-state index contributed by atoms with van der Waals surface area (Å²) in [5, 5.41) is 2.74. The number of carbonyl (C=O) groups excluding carboxylic acids is 5. The Balaban J connectivity index is 2.70. The van der Waals surface area contributed by atoms with Gasteiger partial charge in [-0.05, 0) is 20.8 Å². The molecule has 1 saturated heterocycles. The Morgan fingerprint density at radius 2 is 1.87 bits per heavy atom. The van der Waals surface area contributed by atoms with E-state index in [9.17, 15) is 24.0 Å². The number of ether oxygens (including phenoxy) is 1. The average Bonchev–Trinajstić information content (AvgIpc) is 2.73. The highest BCUT2D eigenvalue weighted by atomic mass is 16.7. The molecule has 0 aromatic carbocycles. The van der Waals surface area contributed by atoms with Crippen molar-refractivity contribution in [3.8, 4) is 0 Å². The van der Waals surface area contributed by atoms with Crippen LogP contribution in [0.25, 0.3) is 0 Å². The first-order valence-electron chi connectivity index (χ1n) is 6.96. The summed E-state index contributed by atoms with van der Waals surface area (Å²) >= 11 is 0. The fourth-order valence-corrected chi connectivity index (χ4v) is 1.73. The van der Waals surface area contributed by atoms with Crippen molar-refractivity contribution >= 4 is 37.4 Å². The predicted molar refractivity (Wildman–Crippen MR) is 77.1 cm³/mol. The molecule has 0 aliphatic carbocycles. The zero-order valence-corrected chi connectivity index (χ0v) is 13.2. The lowest BCUT2D eigenvalue weighted by atomic mass is 9.95. The van der Waals surface area contributed by atoms with Gasteiger partial charge in [-0.25, -0.2) is 4.79 Å². The van der Waals surface area contributed by atoms with Crippen molar-refractivity contribution < 1.29 is 33.5 Å². The number of amides is 2. The van der Waals surface area contributed by atoms with E-state index in [1.54, 1.807) is 20.8 Å². The molecule has 1 aliphatic rings. The minimum absolute atomic E-state index is 0.0449. The number of carbonyl (C=O) groups is 5. The number of nitrogens with zero attached hydrogens (tertiary/aromatic N) is 1. The van der Waals surface area contributed by atoms with Gasteiger partial charge in [-0.2, -0.15) is 0 Å². The predicted octanol–water partition coefficient (Wildman–Crippen LogP) is -0.907. The molecule has 1 heterocycles. The maximum Gasteiger partial charge on any atom is 0.349 e. The minimum atomic E-state index is -1.27. The molecule has 0 bridgehead atoms. The maximum absolute atomic E-state index is 12.0. The fourth-order valence-electron chi connectivity index (χ4n) is 1.73. The molecule has 0 saturated carbocycles. The van der Waals surface area contributed by atoms with E-state index in [2.05, 4.69) is 5.23 Å². The van der Waals surface area contributed by atoms with E-state index in [4.69, 9.17) is 9.57 Å². The van der Waals surface area contributed by atoms with E-state index in [1.807, 2.05) is 0 Å². The van der Waals surface area contributed by atoms with Crippen LogP contribution in [0.5, 0.6) is 0 Å². The Kier molecular flexibility index (Phi) is 6.43. The minimum Gasteiger partial charge on any atom is -0.460 e. The number of imide groups is 1. The zero-order valence-electron chi connectivity index (χ0n) is 13.2. The Morgan fingerprint density at radius 3 is 2.35 bits per heavy atom. The molecule has 9 nitrogen and oxygen atoms in total. The number of nitrogens with one attached hydrogen (secondary N) is 1. The summed E-state index contributed by atoms with van der Waals surface area (Å²) in [5.41, 5.74) is -0.749. The Labute approximate surface area is 133 Å². The average molecular weight is 325 g/mol. The maximum atomic E-state index is 12.0. The molecule has 1 fully saturated rings. The first-order valence-corrected chi connectivity index (χ1v) is 6.96. The zero-order chi connectivity index (χ0) is 17.6. The number of esters is 1. The van der Waals surface area contributed by atoms with Gasteiger partial charge in [0.2, 0.25) is 0 Å². The van der Waals surface area contributed by atoms with Crippen LogP contribution in [0.4, 0.5) is 0 Å². The molecule has 1 aliphatic heterocycles. The van der Waals surface area contributed by atoms with Crippen molar-refractivity contribution in [3.05, 3.63) is 0 Å². The van der Waals surface area contributed by atoms with E-state index in [0.29, 0.717) is 11.2 Å². The molecule has 10 heteroatoms. The molecule has 23 heavy (non-hydrogen) atoms.